The Balaban J connectivity index is 1.71. The van der Waals surface area contributed by atoms with Crippen LogP contribution >= 0.6 is 0 Å². The molecule has 3 heterocycles. The molecular weight excluding hydrogens is 570 g/mol. The Labute approximate surface area is 254 Å². The summed E-state index contributed by atoms with van der Waals surface area (Å²) >= 11 is 0. The molecule has 0 saturated carbocycles. The van der Waals surface area contributed by atoms with Crippen LogP contribution in [0.2, 0.25) is 0 Å². The molecule has 1 amide bonds. The molecule has 4 aromatic rings. The van der Waals surface area contributed by atoms with Gasteiger partial charge in [0.2, 0.25) is 0 Å². The lowest BCUT2D eigenvalue weighted by molar-refractivity contribution is -0.166. The number of hydrogen-bond donors (Lipinski definition) is 1. The number of nitrogens with one attached hydrogen (secondary N) is 1. The summed E-state index contributed by atoms with van der Waals surface area (Å²) in [5.74, 6) is -1.81. The SMILES string of the molecule is CCOC(=O)[C@@H](OC(C)(C)C)c1c(C)nc2cc(C(=O)NCc3ccc(F)cc3)nn2c1-c1cc(F)c2c(c1C)CCCO2. The van der Waals surface area contributed by atoms with Crippen LogP contribution < -0.4 is 10.1 Å². The molecule has 0 radical (unpaired) electrons. The number of benzene rings is 2. The Morgan fingerprint density at radius 3 is 2.55 bits per heavy atom. The highest BCUT2D eigenvalue weighted by Gasteiger charge is 2.35. The molecule has 2 aromatic carbocycles. The Morgan fingerprint density at radius 2 is 1.86 bits per heavy atom. The highest BCUT2D eigenvalue weighted by Crippen LogP contribution is 2.41. The molecule has 0 aliphatic carbocycles. The number of fused-ring (bicyclic) bond motifs is 2. The average molecular weight is 607 g/mol. The second-order valence-corrected chi connectivity index (χ2v) is 11.7. The summed E-state index contributed by atoms with van der Waals surface area (Å²) in [6.07, 6.45) is 0.119. The molecule has 11 heteroatoms. The van der Waals surface area contributed by atoms with E-state index in [-0.39, 0.29) is 30.4 Å². The molecule has 9 nitrogen and oxygen atoms in total. The largest absolute Gasteiger partial charge is 0.490 e. The van der Waals surface area contributed by atoms with E-state index < -0.39 is 29.4 Å². The van der Waals surface area contributed by atoms with Crippen LogP contribution in [-0.2, 0) is 27.2 Å². The Kier molecular flexibility index (Phi) is 8.69. The summed E-state index contributed by atoms with van der Waals surface area (Å²) < 4.78 is 47.8. The third kappa shape index (κ3) is 6.28. The van der Waals surface area contributed by atoms with Gasteiger partial charge in [0.15, 0.2) is 29.0 Å². The van der Waals surface area contributed by atoms with E-state index in [1.54, 1.807) is 26.0 Å². The molecule has 44 heavy (non-hydrogen) atoms. The van der Waals surface area contributed by atoms with Gasteiger partial charge >= 0.3 is 5.97 Å². The monoisotopic (exact) mass is 606 g/mol. The number of aryl methyl sites for hydroxylation is 1. The lowest BCUT2D eigenvalue weighted by atomic mass is 9.91. The van der Waals surface area contributed by atoms with E-state index in [0.29, 0.717) is 46.8 Å². The molecule has 5 rings (SSSR count). The third-order valence-corrected chi connectivity index (χ3v) is 7.35. The quantitative estimate of drug-likeness (QED) is 0.247. The first-order valence-electron chi connectivity index (χ1n) is 14.6. The van der Waals surface area contributed by atoms with Crippen LogP contribution in [0.25, 0.3) is 16.9 Å². The normalized spacial score (nSPS) is 13.7. The van der Waals surface area contributed by atoms with Gasteiger partial charge in [-0.25, -0.2) is 23.1 Å². The number of rotatable bonds is 8. The summed E-state index contributed by atoms with van der Waals surface area (Å²) in [5.41, 5.74) is 3.41. The second kappa shape index (κ2) is 12.3. The molecule has 1 N–H and O–H groups in total. The van der Waals surface area contributed by atoms with Gasteiger partial charge in [-0.05, 0) is 83.7 Å². The van der Waals surface area contributed by atoms with Crippen molar-refractivity contribution in [2.75, 3.05) is 13.2 Å². The Bertz CT molecular complexity index is 1730. The summed E-state index contributed by atoms with van der Waals surface area (Å²) in [7, 11) is 0. The van der Waals surface area contributed by atoms with E-state index in [4.69, 9.17) is 19.2 Å². The van der Waals surface area contributed by atoms with Crippen LogP contribution in [0.4, 0.5) is 8.78 Å². The van der Waals surface area contributed by atoms with E-state index in [0.717, 1.165) is 17.5 Å². The lowest BCUT2D eigenvalue weighted by Crippen LogP contribution is -2.30. The number of halogens is 2. The molecular formula is C33H36F2N4O5. The Morgan fingerprint density at radius 1 is 1.14 bits per heavy atom. The van der Waals surface area contributed by atoms with E-state index >= 15 is 4.39 Å². The number of carbonyl (C=O) groups is 2. The zero-order valence-electron chi connectivity index (χ0n) is 25.7. The van der Waals surface area contributed by atoms with E-state index in [1.165, 1.54) is 28.8 Å². The Hall–Kier alpha value is -4.38. The smallest absolute Gasteiger partial charge is 0.340 e. The zero-order chi connectivity index (χ0) is 31.8. The van der Waals surface area contributed by atoms with Gasteiger partial charge in [0.05, 0.1) is 24.5 Å². The lowest BCUT2D eigenvalue weighted by Gasteiger charge is -2.29. The summed E-state index contributed by atoms with van der Waals surface area (Å²) in [4.78, 5) is 31.4. The fourth-order valence-electron chi connectivity index (χ4n) is 5.39. The number of ether oxygens (including phenoxy) is 3. The van der Waals surface area contributed by atoms with Crippen molar-refractivity contribution >= 4 is 17.5 Å². The minimum Gasteiger partial charge on any atom is -0.490 e. The second-order valence-electron chi connectivity index (χ2n) is 11.7. The van der Waals surface area contributed by atoms with Crippen LogP contribution in [0.1, 0.15) is 78.7 Å². The van der Waals surface area contributed by atoms with Gasteiger partial charge in [0.25, 0.3) is 5.91 Å². The maximum atomic E-state index is 15.6. The highest BCUT2D eigenvalue weighted by molar-refractivity contribution is 5.93. The number of nitrogens with zero attached hydrogens (tertiary/aromatic N) is 3. The predicted octanol–water partition coefficient (Wildman–Crippen LogP) is 5.97. The summed E-state index contributed by atoms with van der Waals surface area (Å²) in [6, 6.07) is 8.69. The van der Waals surface area contributed by atoms with Gasteiger partial charge < -0.3 is 19.5 Å². The van der Waals surface area contributed by atoms with Crippen molar-refractivity contribution < 1.29 is 32.6 Å². The van der Waals surface area contributed by atoms with E-state index in [1.807, 2.05) is 27.7 Å². The van der Waals surface area contributed by atoms with Crippen LogP contribution in [-0.4, -0.2) is 45.3 Å². The van der Waals surface area contributed by atoms with Crippen molar-refractivity contribution in [3.63, 3.8) is 0 Å². The van der Waals surface area contributed by atoms with Gasteiger partial charge in [-0.2, -0.15) is 5.10 Å². The maximum absolute atomic E-state index is 15.6. The minimum atomic E-state index is -1.23. The molecule has 2 aromatic heterocycles. The van der Waals surface area contributed by atoms with Crippen molar-refractivity contribution in [1.29, 1.82) is 0 Å². The molecule has 0 saturated heterocycles. The average Bonchev–Trinajstić information content (AvgIpc) is 3.40. The summed E-state index contributed by atoms with van der Waals surface area (Å²) in [6.45, 7) is 11.5. The minimum absolute atomic E-state index is 0.0567. The molecule has 1 aliphatic rings. The van der Waals surface area contributed by atoms with E-state index in [2.05, 4.69) is 10.4 Å². The fraction of sp³-hybridized carbons (Fsp3) is 0.394. The summed E-state index contributed by atoms with van der Waals surface area (Å²) in [5, 5.41) is 7.40. The highest BCUT2D eigenvalue weighted by atomic mass is 19.1. The van der Waals surface area contributed by atoms with Crippen molar-refractivity contribution in [1.82, 2.24) is 19.9 Å². The van der Waals surface area contributed by atoms with Crippen molar-refractivity contribution in [2.45, 2.75) is 72.6 Å². The van der Waals surface area contributed by atoms with Crippen LogP contribution in [0.5, 0.6) is 5.75 Å². The van der Waals surface area contributed by atoms with Gasteiger partial charge in [0.1, 0.15) is 5.82 Å². The first-order chi connectivity index (χ1) is 20.9. The molecule has 1 atom stereocenters. The van der Waals surface area contributed by atoms with Crippen LogP contribution in [0, 0.1) is 25.5 Å². The topological polar surface area (TPSA) is 104 Å². The zero-order valence-corrected chi connectivity index (χ0v) is 25.7. The number of esters is 1. The van der Waals surface area contributed by atoms with Crippen LogP contribution in [0.3, 0.4) is 0 Å². The molecule has 232 valence electrons. The van der Waals surface area contributed by atoms with Crippen LogP contribution in [0.15, 0.2) is 36.4 Å². The predicted molar refractivity (Wildman–Crippen MR) is 159 cm³/mol. The van der Waals surface area contributed by atoms with Gasteiger partial charge in [-0.15, -0.1) is 0 Å². The van der Waals surface area contributed by atoms with Gasteiger partial charge in [0, 0.05) is 35.0 Å². The first-order valence-corrected chi connectivity index (χ1v) is 14.6. The molecule has 0 spiro atoms. The first kappa shape index (κ1) is 31.1. The third-order valence-electron chi connectivity index (χ3n) is 7.35. The van der Waals surface area contributed by atoms with Crippen molar-refractivity contribution in [3.8, 4) is 17.0 Å². The molecule has 0 bridgehead atoms. The maximum Gasteiger partial charge on any atom is 0.340 e. The van der Waals surface area contributed by atoms with Crippen molar-refractivity contribution in [2.24, 2.45) is 0 Å². The fourth-order valence-corrected chi connectivity index (χ4v) is 5.39. The number of hydrogen-bond acceptors (Lipinski definition) is 7. The number of aromatic nitrogens is 3. The van der Waals surface area contributed by atoms with Gasteiger partial charge in [-0.1, -0.05) is 12.1 Å². The standard InChI is InChI=1S/C33H36F2N4O5/c1-7-42-32(41)30(44-33(4,5)6)27-19(3)37-26-16-25(31(40)36-17-20-10-12-21(34)13-11-20)38-39(26)28(27)23-15-24(35)29-22(18(23)2)9-8-14-43-29/h10-13,15-16,30H,7-9,14,17H2,1-6H3,(H,36,40)/t30-/m0/s1. The van der Waals surface area contributed by atoms with Crippen molar-refractivity contribution in [3.05, 3.63) is 81.7 Å². The van der Waals surface area contributed by atoms with Gasteiger partial charge in [-0.3, -0.25) is 4.79 Å². The molecule has 0 unspecified atom stereocenters. The van der Waals surface area contributed by atoms with E-state index in [9.17, 15) is 14.0 Å². The molecule has 1 aliphatic heterocycles. The number of amides is 1. The molecule has 0 fully saturated rings. The number of carbonyl (C=O) groups excluding carboxylic acids is 2.